The van der Waals surface area contributed by atoms with Crippen LogP contribution < -0.4 is 10.6 Å². The number of aryl methyl sites for hydroxylation is 1. The number of amides is 1. The van der Waals surface area contributed by atoms with E-state index in [0.717, 1.165) is 24.3 Å². The van der Waals surface area contributed by atoms with Crippen molar-refractivity contribution in [2.24, 2.45) is 0 Å². The summed E-state index contributed by atoms with van der Waals surface area (Å²) in [4.78, 5) is 13.7. The first-order valence-corrected chi connectivity index (χ1v) is 5.96. The van der Waals surface area contributed by atoms with Gasteiger partial charge in [0.15, 0.2) is 5.11 Å². The van der Waals surface area contributed by atoms with Crippen LogP contribution in [-0.4, -0.2) is 35.6 Å². The Morgan fingerprint density at radius 3 is 2.94 bits per heavy atom. The van der Waals surface area contributed by atoms with Crippen LogP contribution in [0, 0.1) is 6.92 Å². The highest BCUT2D eigenvalue weighted by Gasteiger charge is 2.18. The van der Waals surface area contributed by atoms with Crippen molar-refractivity contribution in [2.45, 2.75) is 6.92 Å². The number of thiocarbonyl (C=S) groups is 1. The van der Waals surface area contributed by atoms with Crippen molar-refractivity contribution >= 4 is 28.9 Å². The van der Waals surface area contributed by atoms with Crippen molar-refractivity contribution in [3.8, 4) is 0 Å². The number of rotatable bonds is 3. The fourth-order valence-corrected chi connectivity index (χ4v) is 2.00. The molecular weight excluding hydrogens is 234 g/mol. The van der Waals surface area contributed by atoms with Gasteiger partial charge in [0.1, 0.15) is 0 Å². The van der Waals surface area contributed by atoms with E-state index in [9.17, 15) is 4.79 Å². The molecule has 1 aromatic carbocycles. The third kappa shape index (κ3) is 2.94. The lowest BCUT2D eigenvalue weighted by atomic mass is 10.2. The Hall–Kier alpha value is -1.62. The molecule has 1 saturated heterocycles. The number of hydrogen-bond acceptors (Lipinski definition) is 2. The number of nitrogens with one attached hydrogen (secondary N) is 2. The van der Waals surface area contributed by atoms with Crippen molar-refractivity contribution in [1.29, 1.82) is 0 Å². The molecule has 1 heterocycles. The van der Waals surface area contributed by atoms with Crippen LogP contribution in [0.25, 0.3) is 0 Å². The third-order valence-corrected chi connectivity index (χ3v) is 3.10. The van der Waals surface area contributed by atoms with E-state index in [2.05, 4.69) is 10.6 Å². The Balaban J connectivity index is 1.93. The molecule has 1 aliphatic heterocycles. The van der Waals surface area contributed by atoms with Gasteiger partial charge in [0.25, 0.3) is 0 Å². The maximum atomic E-state index is 11.8. The molecule has 90 valence electrons. The lowest BCUT2D eigenvalue weighted by molar-refractivity contribution is -0.116. The Morgan fingerprint density at radius 2 is 2.29 bits per heavy atom. The van der Waals surface area contributed by atoms with E-state index in [0.29, 0.717) is 11.7 Å². The highest BCUT2D eigenvalue weighted by atomic mass is 32.1. The molecule has 1 aromatic rings. The fourth-order valence-electron chi connectivity index (χ4n) is 1.74. The van der Waals surface area contributed by atoms with Crippen LogP contribution in [0.2, 0.25) is 0 Å². The van der Waals surface area contributed by atoms with E-state index < -0.39 is 0 Å². The molecule has 2 N–H and O–H groups in total. The molecule has 0 unspecified atom stereocenters. The Labute approximate surface area is 106 Å². The Bertz CT molecular complexity index is 447. The molecule has 1 amide bonds. The van der Waals surface area contributed by atoms with Crippen molar-refractivity contribution in [1.82, 2.24) is 10.2 Å². The number of hydrogen-bond donors (Lipinski definition) is 2. The van der Waals surface area contributed by atoms with Gasteiger partial charge in [-0.1, -0.05) is 18.2 Å². The maximum absolute atomic E-state index is 11.8. The van der Waals surface area contributed by atoms with Crippen LogP contribution in [0.15, 0.2) is 24.3 Å². The molecule has 1 aliphatic rings. The number of anilines is 1. The SMILES string of the molecule is Cc1ccccc1NC(=O)CN1CCNC1=S. The van der Waals surface area contributed by atoms with Gasteiger partial charge < -0.3 is 15.5 Å². The third-order valence-electron chi connectivity index (χ3n) is 2.70. The molecule has 0 aromatic heterocycles. The predicted octanol–water partition coefficient (Wildman–Crippen LogP) is 1.12. The second-order valence-electron chi connectivity index (χ2n) is 4.02. The summed E-state index contributed by atoms with van der Waals surface area (Å²) >= 11 is 5.08. The summed E-state index contributed by atoms with van der Waals surface area (Å²) in [5.41, 5.74) is 1.92. The fraction of sp³-hybridized carbons (Fsp3) is 0.333. The standard InChI is InChI=1S/C12H15N3OS/c1-9-4-2-3-5-10(9)14-11(16)8-15-7-6-13-12(15)17/h2-5H,6-8H2,1H3,(H,13,17)(H,14,16). The lowest BCUT2D eigenvalue weighted by Crippen LogP contribution is -2.35. The van der Waals surface area contributed by atoms with Gasteiger partial charge in [-0.25, -0.2) is 0 Å². The minimum absolute atomic E-state index is 0.0367. The van der Waals surface area contributed by atoms with E-state index in [1.807, 2.05) is 36.1 Å². The molecule has 4 nitrogen and oxygen atoms in total. The average Bonchev–Trinajstić information content (AvgIpc) is 2.68. The molecule has 0 aliphatic carbocycles. The predicted molar refractivity (Wildman–Crippen MR) is 72.0 cm³/mol. The summed E-state index contributed by atoms with van der Waals surface area (Å²) in [6, 6.07) is 7.72. The molecule has 0 atom stereocenters. The molecule has 5 heteroatoms. The Morgan fingerprint density at radius 1 is 1.53 bits per heavy atom. The molecule has 0 saturated carbocycles. The van der Waals surface area contributed by atoms with Gasteiger partial charge >= 0.3 is 0 Å². The Kier molecular flexibility index (Phi) is 3.58. The number of benzene rings is 1. The first-order valence-electron chi connectivity index (χ1n) is 5.55. The average molecular weight is 249 g/mol. The van der Waals surface area contributed by atoms with E-state index in [4.69, 9.17) is 12.2 Å². The minimum atomic E-state index is -0.0367. The second-order valence-corrected chi connectivity index (χ2v) is 4.40. The second kappa shape index (κ2) is 5.14. The van der Waals surface area contributed by atoms with Crippen molar-refractivity contribution in [3.63, 3.8) is 0 Å². The monoisotopic (exact) mass is 249 g/mol. The first-order chi connectivity index (χ1) is 8.16. The topological polar surface area (TPSA) is 44.4 Å². The summed E-state index contributed by atoms with van der Waals surface area (Å²) in [6.45, 7) is 3.88. The quantitative estimate of drug-likeness (QED) is 0.788. The van der Waals surface area contributed by atoms with Crippen LogP contribution >= 0.6 is 12.2 Å². The zero-order valence-electron chi connectivity index (χ0n) is 9.69. The van der Waals surface area contributed by atoms with E-state index in [1.165, 1.54) is 0 Å². The molecule has 0 radical (unpaired) electrons. The summed E-state index contributed by atoms with van der Waals surface area (Å²) in [7, 11) is 0. The highest BCUT2D eigenvalue weighted by molar-refractivity contribution is 7.80. The van der Waals surface area contributed by atoms with Crippen molar-refractivity contribution in [2.75, 3.05) is 25.0 Å². The van der Waals surface area contributed by atoms with E-state index in [1.54, 1.807) is 0 Å². The number of nitrogens with zero attached hydrogens (tertiary/aromatic N) is 1. The van der Waals surface area contributed by atoms with Gasteiger partial charge in [-0.3, -0.25) is 4.79 Å². The highest BCUT2D eigenvalue weighted by Crippen LogP contribution is 2.13. The zero-order chi connectivity index (χ0) is 12.3. The van der Waals surface area contributed by atoms with Gasteiger partial charge in [-0.05, 0) is 30.8 Å². The molecule has 0 bridgehead atoms. The lowest BCUT2D eigenvalue weighted by Gasteiger charge is -2.16. The van der Waals surface area contributed by atoms with Crippen LogP contribution in [-0.2, 0) is 4.79 Å². The van der Waals surface area contributed by atoms with Crippen LogP contribution in [0.5, 0.6) is 0 Å². The molecule has 2 rings (SSSR count). The number of para-hydroxylation sites is 1. The van der Waals surface area contributed by atoms with Gasteiger partial charge in [-0.2, -0.15) is 0 Å². The molecular formula is C12H15N3OS. The van der Waals surface area contributed by atoms with E-state index in [-0.39, 0.29) is 5.91 Å². The summed E-state index contributed by atoms with van der Waals surface area (Å²) in [6.07, 6.45) is 0. The first kappa shape index (κ1) is 11.9. The maximum Gasteiger partial charge on any atom is 0.243 e. The molecule has 0 spiro atoms. The van der Waals surface area contributed by atoms with Gasteiger partial charge in [0.05, 0.1) is 6.54 Å². The van der Waals surface area contributed by atoms with Crippen LogP contribution in [0.1, 0.15) is 5.56 Å². The van der Waals surface area contributed by atoms with Gasteiger partial charge in [0.2, 0.25) is 5.91 Å². The zero-order valence-corrected chi connectivity index (χ0v) is 10.5. The van der Waals surface area contributed by atoms with E-state index >= 15 is 0 Å². The summed E-state index contributed by atoms with van der Waals surface area (Å²) in [5, 5.41) is 6.57. The smallest absolute Gasteiger partial charge is 0.243 e. The molecule has 1 fully saturated rings. The largest absolute Gasteiger partial charge is 0.361 e. The summed E-state index contributed by atoms with van der Waals surface area (Å²) in [5.74, 6) is -0.0367. The molecule has 17 heavy (non-hydrogen) atoms. The van der Waals surface area contributed by atoms with Gasteiger partial charge in [-0.15, -0.1) is 0 Å². The minimum Gasteiger partial charge on any atom is -0.361 e. The summed E-state index contributed by atoms with van der Waals surface area (Å²) < 4.78 is 0. The number of carbonyl (C=O) groups is 1. The van der Waals surface area contributed by atoms with Gasteiger partial charge in [0, 0.05) is 18.8 Å². The van der Waals surface area contributed by atoms with Crippen LogP contribution in [0.4, 0.5) is 5.69 Å². The van der Waals surface area contributed by atoms with Crippen LogP contribution in [0.3, 0.4) is 0 Å². The van der Waals surface area contributed by atoms with Crippen molar-refractivity contribution < 1.29 is 4.79 Å². The van der Waals surface area contributed by atoms with Crippen molar-refractivity contribution in [3.05, 3.63) is 29.8 Å². The normalized spacial score (nSPS) is 14.6. The number of carbonyl (C=O) groups excluding carboxylic acids is 1.